The van der Waals surface area contributed by atoms with E-state index in [4.69, 9.17) is 0 Å². The smallest absolute Gasteiger partial charge is 0.223 e. The van der Waals surface area contributed by atoms with E-state index in [-0.39, 0.29) is 7.33 Å². The van der Waals surface area contributed by atoms with Crippen molar-refractivity contribution >= 4 is 5.91 Å². The van der Waals surface area contributed by atoms with Crippen molar-refractivity contribution in [1.29, 1.82) is 0 Å². The van der Waals surface area contributed by atoms with Crippen molar-refractivity contribution in [3.8, 4) is 0 Å². The average Bonchev–Trinajstić information content (AvgIpc) is 2.33. The SMILES string of the molecule is CC.CC[C@H]1CCCCNC1=O.[HH]. The maximum Gasteiger partial charge on any atom is 0.223 e. The van der Waals surface area contributed by atoms with Crippen molar-refractivity contribution in [2.75, 3.05) is 6.54 Å². The Morgan fingerprint density at radius 2 is 2.17 bits per heavy atom. The molecule has 1 rings (SSSR count). The third kappa shape index (κ3) is 3.74. The second kappa shape index (κ2) is 7.14. The van der Waals surface area contributed by atoms with Gasteiger partial charge < -0.3 is 5.32 Å². The van der Waals surface area contributed by atoms with Crippen molar-refractivity contribution in [3.05, 3.63) is 0 Å². The van der Waals surface area contributed by atoms with Crippen LogP contribution >= 0.6 is 0 Å². The number of carbonyl (C=O) groups is 1. The minimum atomic E-state index is 0. The van der Waals surface area contributed by atoms with Gasteiger partial charge in [-0.1, -0.05) is 27.2 Å². The molecule has 2 heteroatoms. The highest BCUT2D eigenvalue weighted by Crippen LogP contribution is 2.14. The van der Waals surface area contributed by atoms with Gasteiger partial charge in [0.05, 0.1) is 0 Å². The van der Waals surface area contributed by atoms with Crippen LogP contribution in [0.4, 0.5) is 0 Å². The maximum absolute atomic E-state index is 11.1. The molecule has 1 aliphatic rings. The van der Waals surface area contributed by atoms with Crippen molar-refractivity contribution in [2.45, 2.75) is 46.5 Å². The van der Waals surface area contributed by atoms with Crippen molar-refractivity contribution in [1.82, 2.24) is 5.32 Å². The van der Waals surface area contributed by atoms with E-state index in [0.29, 0.717) is 5.92 Å². The molecule has 74 valence electrons. The number of hydrogen-bond acceptors (Lipinski definition) is 1. The molecule has 0 aromatic carbocycles. The van der Waals surface area contributed by atoms with Crippen LogP contribution in [0.5, 0.6) is 0 Å². The molecular formula is C10H23NO. The van der Waals surface area contributed by atoms with Crippen LogP contribution in [0.1, 0.15) is 47.9 Å². The Balaban J connectivity index is 0. The molecule has 0 saturated carbocycles. The fraction of sp³-hybridized carbons (Fsp3) is 0.900. The van der Waals surface area contributed by atoms with Gasteiger partial charge in [0, 0.05) is 13.9 Å². The van der Waals surface area contributed by atoms with E-state index in [2.05, 4.69) is 12.2 Å². The maximum atomic E-state index is 11.1. The number of rotatable bonds is 1. The zero-order chi connectivity index (χ0) is 9.40. The van der Waals surface area contributed by atoms with Gasteiger partial charge >= 0.3 is 0 Å². The van der Waals surface area contributed by atoms with Gasteiger partial charge in [0.25, 0.3) is 0 Å². The largest absolute Gasteiger partial charge is 0.356 e. The lowest BCUT2D eigenvalue weighted by molar-refractivity contribution is -0.124. The molecule has 12 heavy (non-hydrogen) atoms. The van der Waals surface area contributed by atoms with Crippen LogP contribution < -0.4 is 5.32 Å². The molecule has 0 unspecified atom stereocenters. The highest BCUT2D eigenvalue weighted by atomic mass is 16.1. The Labute approximate surface area is 77.2 Å². The molecule has 1 N–H and O–H groups in total. The van der Waals surface area contributed by atoms with E-state index in [1.807, 2.05) is 13.8 Å². The Morgan fingerprint density at radius 3 is 2.75 bits per heavy atom. The number of nitrogens with one attached hydrogen (secondary N) is 1. The lowest BCUT2D eigenvalue weighted by Crippen LogP contribution is -2.28. The Kier molecular flexibility index (Phi) is 6.82. The third-order valence-electron chi connectivity index (χ3n) is 2.14. The van der Waals surface area contributed by atoms with Gasteiger partial charge in [-0.25, -0.2) is 0 Å². The summed E-state index contributed by atoms with van der Waals surface area (Å²) >= 11 is 0. The summed E-state index contributed by atoms with van der Waals surface area (Å²) in [4.78, 5) is 11.1. The predicted molar refractivity (Wildman–Crippen MR) is 54.1 cm³/mol. The van der Waals surface area contributed by atoms with E-state index < -0.39 is 0 Å². The van der Waals surface area contributed by atoms with Crippen LogP contribution in [0.25, 0.3) is 0 Å². The summed E-state index contributed by atoms with van der Waals surface area (Å²) in [6.07, 6.45) is 4.44. The van der Waals surface area contributed by atoms with Gasteiger partial charge in [-0.3, -0.25) is 4.79 Å². The molecule has 0 aromatic rings. The fourth-order valence-electron chi connectivity index (χ4n) is 1.39. The predicted octanol–water partition coefficient (Wildman–Crippen LogP) is 2.58. The van der Waals surface area contributed by atoms with E-state index in [9.17, 15) is 4.79 Å². The first-order chi connectivity index (χ1) is 5.84. The number of hydrogen-bond donors (Lipinski definition) is 1. The van der Waals surface area contributed by atoms with Crippen molar-refractivity contribution in [3.63, 3.8) is 0 Å². The molecule has 1 fully saturated rings. The summed E-state index contributed by atoms with van der Waals surface area (Å²) in [5, 5.41) is 2.91. The summed E-state index contributed by atoms with van der Waals surface area (Å²) in [6.45, 7) is 6.96. The molecule has 1 atom stereocenters. The molecule has 1 heterocycles. The van der Waals surface area contributed by atoms with Crippen LogP contribution in [0, 0.1) is 5.92 Å². The molecule has 0 spiro atoms. The fourth-order valence-corrected chi connectivity index (χ4v) is 1.39. The zero-order valence-electron chi connectivity index (χ0n) is 8.52. The van der Waals surface area contributed by atoms with Gasteiger partial charge in [0.2, 0.25) is 5.91 Å². The third-order valence-corrected chi connectivity index (χ3v) is 2.14. The number of carbonyl (C=O) groups excluding carboxylic acids is 1. The van der Waals surface area contributed by atoms with E-state index in [1.165, 1.54) is 6.42 Å². The van der Waals surface area contributed by atoms with E-state index >= 15 is 0 Å². The molecule has 1 amide bonds. The lowest BCUT2D eigenvalue weighted by atomic mass is 10.0. The van der Waals surface area contributed by atoms with Gasteiger partial charge in [0.15, 0.2) is 0 Å². The van der Waals surface area contributed by atoms with Gasteiger partial charge in [-0.15, -0.1) is 0 Å². The Morgan fingerprint density at radius 1 is 1.50 bits per heavy atom. The quantitative estimate of drug-likeness (QED) is 0.649. The van der Waals surface area contributed by atoms with E-state index in [0.717, 1.165) is 25.8 Å². The highest BCUT2D eigenvalue weighted by Gasteiger charge is 2.17. The van der Waals surface area contributed by atoms with Crippen molar-refractivity contribution in [2.24, 2.45) is 5.92 Å². The first kappa shape index (κ1) is 11.5. The highest BCUT2D eigenvalue weighted by molar-refractivity contribution is 5.78. The Hall–Kier alpha value is -0.530. The molecule has 2 nitrogen and oxygen atoms in total. The first-order valence-corrected chi connectivity index (χ1v) is 5.12. The number of amides is 1. The van der Waals surface area contributed by atoms with Gasteiger partial charge in [0.1, 0.15) is 0 Å². The summed E-state index contributed by atoms with van der Waals surface area (Å²) in [5.74, 6) is 0.558. The summed E-state index contributed by atoms with van der Waals surface area (Å²) in [6, 6.07) is 0. The normalized spacial score (nSPS) is 23.2. The van der Waals surface area contributed by atoms with Crippen LogP contribution in [-0.4, -0.2) is 12.5 Å². The topological polar surface area (TPSA) is 29.1 Å². The summed E-state index contributed by atoms with van der Waals surface area (Å²) in [5.41, 5.74) is 0. The minimum Gasteiger partial charge on any atom is -0.356 e. The molecule has 0 radical (unpaired) electrons. The van der Waals surface area contributed by atoms with Crippen LogP contribution in [0.15, 0.2) is 0 Å². The molecule has 1 aliphatic heterocycles. The lowest BCUT2D eigenvalue weighted by Gasteiger charge is -2.08. The molecular weight excluding hydrogens is 150 g/mol. The first-order valence-electron chi connectivity index (χ1n) is 5.12. The summed E-state index contributed by atoms with van der Waals surface area (Å²) in [7, 11) is 0. The standard InChI is InChI=1S/C8H15NO.C2H6.H2/c1-2-7-5-3-4-6-9-8(7)10;1-2;/h7H,2-6H2,1H3,(H,9,10);1-2H3;1H/t7-;;/m0../s1. The molecule has 0 bridgehead atoms. The molecule has 0 aromatic heterocycles. The Bertz CT molecular complexity index is 128. The second-order valence-electron chi connectivity index (χ2n) is 2.89. The average molecular weight is 173 g/mol. The van der Waals surface area contributed by atoms with Crippen LogP contribution in [0.2, 0.25) is 0 Å². The van der Waals surface area contributed by atoms with Crippen molar-refractivity contribution < 1.29 is 6.22 Å². The molecule has 1 saturated heterocycles. The van der Waals surface area contributed by atoms with E-state index in [1.54, 1.807) is 0 Å². The van der Waals surface area contributed by atoms with Crippen LogP contribution in [0.3, 0.4) is 0 Å². The summed E-state index contributed by atoms with van der Waals surface area (Å²) < 4.78 is 0. The molecule has 0 aliphatic carbocycles. The second-order valence-corrected chi connectivity index (χ2v) is 2.89. The zero-order valence-corrected chi connectivity index (χ0v) is 8.52. The van der Waals surface area contributed by atoms with Crippen LogP contribution in [-0.2, 0) is 4.79 Å². The van der Waals surface area contributed by atoms with Gasteiger partial charge in [-0.05, 0) is 19.3 Å². The van der Waals surface area contributed by atoms with Gasteiger partial charge in [-0.2, -0.15) is 0 Å². The minimum absolute atomic E-state index is 0. The monoisotopic (exact) mass is 173 g/mol.